The molecule has 6 nitrogen and oxygen atoms in total. The third-order valence-corrected chi connectivity index (χ3v) is 5.22. The largest absolute Gasteiger partial charge is 0.489 e. The average molecular weight is 450 g/mol. The molecular weight excluding hydrogens is 426 g/mol. The van der Waals surface area contributed by atoms with E-state index in [0.717, 1.165) is 27.7 Å². The molecule has 0 atom stereocenters. The van der Waals surface area contributed by atoms with Crippen LogP contribution in [0.4, 0.5) is 5.69 Å². The van der Waals surface area contributed by atoms with Gasteiger partial charge in [-0.3, -0.25) is 4.98 Å². The fraction of sp³-hybridized carbons (Fsp3) is 0.107. The number of benzene rings is 3. The lowest BCUT2D eigenvalue weighted by Gasteiger charge is -2.13. The minimum absolute atomic E-state index is 0.346. The number of methoxy groups -OCH3 is 1. The van der Waals surface area contributed by atoms with Crippen LogP contribution in [0.15, 0.2) is 90.6 Å². The highest BCUT2D eigenvalue weighted by molar-refractivity contribution is 5.89. The quantitative estimate of drug-likeness (QED) is 0.359. The van der Waals surface area contributed by atoms with Crippen LogP contribution in [0.1, 0.15) is 21.5 Å². The molecule has 168 valence electrons. The van der Waals surface area contributed by atoms with E-state index in [4.69, 9.17) is 14.7 Å². The van der Waals surface area contributed by atoms with E-state index in [1.807, 2.05) is 48.7 Å². The molecule has 4 rings (SSSR count). The second kappa shape index (κ2) is 10.8. The van der Waals surface area contributed by atoms with Gasteiger partial charge in [-0.05, 0) is 59.7 Å². The van der Waals surface area contributed by atoms with Crippen molar-refractivity contribution in [3.63, 3.8) is 0 Å². The first-order chi connectivity index (χ1) is 16.6. The number of para-hydroxylation sites is 1. The van der Waals surface area contributed by atoms with Crippen LogP contribution in [0.2, 0.25) is 0 Å². The maximum atomic E-state index is 11.7. The van der Waals surface area contributed by atoms with Gasteiger partial charge in [-0.25, -0.2) is 4.79 Å². The molecule has 0 aliphatic rings. The Labute approximate surface area is 198 Å². The number of aromatic nitrogens is 1. The van der Waals surface area contributed by atoms with Gasteiger partial charge in [-0.1, -0.05) is 36.4 Å². The smallest absolute Gasteiger partial charge is 0.337 e. The van der Waals surface area contributed by atoms with Crippen molar-refractivity contribution in [1.29, 1.82) is 5.26 Å². The number of anilines is 1. The Kier molecular flexibility index (Phi) is 7.16. The van der Waals surface area contributed by atoms with Crippen molar-refractivity contribution in [3.05, 3.63) is 107 Å². The lowest BCUT2D eigenvalue weighted by Crippen LogP contribution is -2.12. The number of hydrogen-bond donors (Lipinski definition) is 1. The molecule has 0 aliphatic heterocycles. The molecule has 6 heteroatoms. The molecule has 0 fully saturated rings. The number of rotatable bonds is 8. The normalized spacial score (nSPS) is 11.0. The zero-order valence-electron chi connectivity index (χ0n) is 18.7. The summed E-state index contributed by atoms with van der Waals surface area (Å²) in [6.45, 7) is 0.883. The lowest BCUT2D eigenvalue weighted by atomic mass is 10.1. The third kappa shape index (κ3) is 5.78. The number of hydrogen-bond acceptors (Lipinski definition) is 6. The van der Waals surface area contributed by atoms with Crippen LogP contribution in [0.25, 0.3) is 17.0 Å². The van der Waals surface area contributed by atoms with Crippen LogP contribution in [0, 0.1) is 11.3 Å². The van der Waals surface area contributed by atoms with Gasteiger partial charge in [0.15, 0.2) is 0 Å². The monoisotopic (exact) mass is 449 g/mol. The topological polar surface area (TPSA) is 84.2 Å². The van der Waals surface area contributed by atoms with E-state index in [1.54, 1.807) is 36.4 Å². The number of nitrogens with zero attached hydrogens (tertiary/aromatic N) is 2. The Balaban J connectivity index is 1.52. The second-order valence-electron chi connectivity index (χ2n) is 7.61. The summed E-state index contributed by atoms with van der Waals surface area (Å²) in [5, 5.41) is 13.5. The zero-order chi connectivity index (χ0) is 23.8. The first-order valence-electron chi connectivity index (χ1n) is 10.7. The van der Waals surface area contributed by atoms with E-state index in [2.05, 4.69) is 22.4 Å². The summed E-state index contributed by atoms with van der Waals surface area (Å²) < 4.78 is 10.7. The van der Waals surface area contributed by atoms with Crippen LogP contribution in [-0.2, 0) is 4.74 Å². The fourth-order valence-corrected chi connectivity index (χ4v) is 3.40. The summed E-state index contributed by atoms with van der Waals surface area (Å²) in [6, 6.07) is 26.3. The molecule has 0 spiro atoms. The van der Waals surface area contributed by atoms with E-state index in [9.17, 15) is 4.79 Å². The average Bonchev–Trinajstić information content (AvgIpc) is 2.90. The number of pyridine rings is 1. The maximum absolute atomic E-state index is 11.7. The van der Waals surface area contributed by atoms with Gasteiger partial charge >= 0.3 is 5.97 Å². The highest BCUT2D eigenvalue weighted by atomic mass is 16.5. The number of ether oxygens (including phenoxy) is 2. The van der Waals surface area contributed by atoms with Gasteiger partial charge in [-0.2, -0.15) is 5.26 Å². The molecule has 0 radical (unpaired) electrons. The van der Waals surface area contributed by atoms with Gasteiger partial charge in [0.05, 0.1) is 41.7 Å². The summed E-state index contributed by atoms with van der Waals surface area (Å²) in [6.07, 6.45) is 3.83. The summed E-state index contributed by atoms with van der Waals surface area (Å²) in [4.78, 5) is 16.2. The Hall–Kier alpha value is -4.63. The van der Waals surface area contributed by atoms with Gasteiger partial charge in [0, 0.05) is 11.9 Å². The Bertz CT molecular complexity index is 1350. The van der Waals surface area contributed by atoms with Gasteiger partial charge in [-0.15, -0.1) is 0 Å². The SMILES string of the molecule is COC(=O)c1ccc(/C=C(/CNc2cnc3ccccc3c2)COc2ccc(C#N)cc2)cc1. The number of nitrogens with one attached hydrogen (secondary N) is 1. The number of esters is 1. The number of nitriles is 1. The molecule has 34 heavy (non-hydrogen) atoms. The van der Waals surface area contributed by atoms with Crippen molar-refractivity contribution in [2.45, 2.75) is 0 Å². The fourth-order valence-electron chi connectivity index (χ4n) is 3.40. The van der Waals surface area contributed by atoms with Crippen molar-refractivity contribution < 1.29 is 14.3 Å². The molecule has 3 aromatic carbocycles. The predicted molar refractivity (Wildman–Crippen MR) is 133 cm³/mol. The van der Waals surface area contributed by atoms with Crippen LogP contribution in [0.3, 0.4) is 0 Å². The van der Waals surface area contributed by atoms with Gasteiger partial charge in [0.25, 0.3) is 0 Å². The molecule has 1 N–H and O–H groups in total. The van der Waals surface area contributed by atoms with E-state index in [0.29, 0.717) is 30.0 Å². The molecule has 0 saturated carbocycles. The Morgan fingerprint density at radius 1 is 1.06 bits per heavy atom. The van der Waals surface area contributed by atoms with Crippen LogP contribution in [-0.4, -0.2) is 31.2 Å². The van der Waals surface area contributed by atoms with Crippen LogP contribution >= 0.6 is 0 Å². The van der Waals surface area contributed by atoms with E-state index in [-0.39, 0.29) is 5.97 Å². The number of carbonyl (C=O) groups excluding carboxylic acids is 1. The lowest BCUT2D eigenvalue weighted by molar-refractivity contribution is 0.0600. The minimum Gasteiger partial charge on any atom is -0.489 e. The number of fused-ring (bicyclic) bond motifs is 1. The summed E-state index contributed by atoms with van der Waals surface area (Å²) in [7, 11) is 1.36. The molecule has 1 heterocycles. The summed E-state index contributed by atoms with van der Waals surface area (Å²) in [5.74, 6) is 0.309. The second-order valence-corrected chi connectivity index (χ2v) is 7.61. The maximum Gasteiger partial charge on any atom is 0.337 e. The van der Waals surface area contributed by atoms with Crippen molar-refractivity contribution in [3.8, 4) is 11.8 Å². The van der Waals surface area contributed by atoms with Crippen LogP contribution < -0.4 is 10.1 Å². The summed E-state index contributed by atoms with van der Waals surface area (Å²) >= 11 is 0. The Morgan fingerprint density at radius 3 is 2.56 bits per heavy atom. The molecular formula is C28H23N3O3. The first-order valence-corrected chi connectivity index (χ1v) is 10.7. The van der Waals surface area contributed by atoms with Crippen molar-refractivity contribution in [2.75, 3.05) is 25.6 Å². The van der Waals surface area contributed by atoms with E-state index < -0.39 is 0 Å². The van der Waals surface area contributed by atoms with Gasteiger partial charge in [0.1, 0.15) is 12.4 Å². The molecule has 0 amide bonds. The standard InChI is InChI=1S/C28H23N3O3/c1-33-28(32)23-10-6-20(7-11-23)14-22(19-34-26-12-8-21(16-29)9-13-26)17-30-25-15-24-4-2-3-5-27(24)31-18-25/h2-15,18,30H,17,19H2,1H3/b22-14-. The van der Waals surface area contributed by atoms with E-state index >= 15 is 0 Å². The first kappa shape index (κ1) is 22.6. The predicted octanol–water partition coefficient (Wildman–Crippen LogP) is 5.47. The van der Waals surface area contributed by atoms with Crippen molar-refractivity contribution in [1.82, 2.24) is 4.98 Å². The minimum atomic E-state index is -0.370. The molecule has 1 aromatic heterocycles. The number of carbonyl (C=O) groups is 1. The molecule has 0 unspecified atom stereocenters. The van der Waals surface area contributed by atoms with Crippen molar-refractivity contribution in [2.24, 2.45) is 0 Å². The third-order valence-electron chi connectivity index (χ3n) is 5.22. The zero-order valence-corrected chi connectivity index (χ0v) is 18.7. The molecule has 0 bridgehead atoms. The molecule has 0 saturated heterocycles. The van der Waals surface area contributed by atoms with Gasteiger partial charge < -0.3 is 14.8 Å². The van der Waals surface area contributed by atoms with Crippen LogP contribution in [0.5, 0.6) is 5.75 Å². The molecule has 4 aromatic rings. The van der Waals surface area contributed by atoms with E-state index in [1.165, 1.54) is 7.11 Å². The van der Waals surface area contributed by atoms with Crippen molar-refractivity contribution >= 4 is 28.6 Å². The summed E-state index contributed by atoms with van der Waals surface area (Å²) in [5.41, 5.74) is 4.85. The highest BCUT2D eigenvalue weighted by Crippen LogP contribution is 2.18. The highest BCUT2D eigenvalue weighted by Gasteiger charge is 2.06. The Morgan fingerprint density at radius 2 is 1.82 bits per heavy atom. The molecule has 0 aliphatic carbocycles. The van der Waals surface area contributed by atoms with Gasteiger partial charge in [0.2, 0.25) is 0 Å².